The van der Waals surface area contributed by atoms with Crippen LogP contribution in [0.4, 0.5) is 4.79 Å². The van der Waals surface area contributed by atoms with Gasteiger partial charge in [0.15, 0.2) is 5.96 Å². The zero-order valence-corrected chi connectivity index (χ0v) is 20.5. The average molecular weight is 522 g/mol. The summed E-state index contributed by atoms with van der Waals surface area (Å²) in [5, 5.41) is 10.6. The van der Waals surface area contributed by atoms with Gasteiger partial charge in [-0.15, -0.1) is 24.0 Å². The summed E-state index contributed by atoms with van der Waals surface area (Å²) >= 11 is 0. The molecule has 0 aromatic carbocycles. The van der Waals surface area contributed by atoms with Crippen molar-refractivity contribution in [2.24, 2.45) is 12.0 Å². The Morgan fingerprint density at radius 1 is 1.24 bits per heavy atom. The molecule has 1 amide bonds. The van der Waals surface area contributed by atoms with Gasteiger partial charge in [0.05, 0.1) is 6.54 Å². The molecule has 10 nitrogen and oxygen atoms in total. The van der Waals surface area contributed by atoms with Gasteiger partial charge >= 0.3 is 6.09 Å². The fourth-order valence-corrected chi connectivity index (χ4v) is 2.85. The zero-order chi connectivity index (χ0) is 20.6. The van der Waals surface area contributed by atoms with E-state index in [0.29, 0.717) is 19.6 Å². The van der Waals surface area contributed by atoms with Crippen LogP contribution in [0, 0.1) is 0 Å². The molecule has 166 valence electrons. The maximum atomic E-state index is 12.1. The normalized spacial score (nSPS) is 15.6. The third kappa shape index (κ3) is 9.15. The average Bonchev–Trinajstić information content (AvgIpc) is 3.05. The Bertz CT molecular complexity index is 651. The summed E-state index contributed by atoms with van der Waals surface area (Å²) in [7, 11) is 3.62. The van der Waals surface area contributed by atoms with Gasteiger partial charge in [-0.25, -0.2) is 9.78 Å². The number of aryl methyl sites for hydroxylation is 1. The number of carbonyl (C=O) groups is 1. The SMILES string of the molecule is CN=C(NCCCN1CCN(C(=O)OC(C)(C)C)CC1)NCc1ncnn1C.I. The lowest BCUT2D eigenvalue weighted by atomic mass is 10.2. The second kappa shape index (κ2) is 12.2. The standard InChI is InChI=1S/C18H34N8O2.HI/c1-18(2,3)28-17(27)26-11-9-25(10-12-26)8-6-7-20-16(19-4)21-13-15-22-14-23-24(15)5;/h14H,6-13H2,1-5H3,(H2,19,20,21);1H. The van der Waals surface area contributed by atoms with E-state index in [4.69, 9.17) is 4.74 Å². The predicted octanol–water partition coefficient (Wildman–Crippen LogP) is 1.04. The number of ether oxygens (including phenoxy) is 1. The molecule has 2 rings (SSSR count). The first-order chi connectivity index (χ1) is 13.3. The van der Waals surface area contributed by atoms with Crippen LogP contribution in [0.5, 0.6) is 0 Å². The van der Waals surface area contributed by atoms with Gasteiger partial charge < -0.3 is 20.3 Å². The van der Waals surface area contributed by atoms with Crippen molar-refractivity contribution in [3.63, 3.8) is 0 Å². The molecule has 1 aliphatic rings. The number of nitrogens with zero attached hydrogens (tertiary/aromatic N) is 6. The predicted molar refractivity (Wildman–Crippen MR) is 123 cm³/mol. The van der Waals surface area contributed by atoms with Crippen molar-refractivity contribution in [1.29, 1.82) is 0 Å². The van der Waals surface area contributed by atoms with Crippen LogP contribution in [0.15, 0.2) is 11.3 Å². The molecule has 1 fully saturated rings. The van der Waals surface area contributed by atoms with Gasteiger partial charge in [0.1, 0.15) is 17.8 Å². The summed E-state index contributed by atoms with van der Waals surface area (Å²) in [6.07, 6.45) is 2.32. The summed E-state index contributed by atoms with van der Waals surface area (Å²) in [5.41, 5.74) is -0.445. The molecule has 2 heterocycles. The Kier molecular flexibility index (Phi) is 10.6. The molecule has 0 aliphatic carbocycles. The topological polar surface area (TPSA) is 99.9 Å². The van der Waals surface area contributed by atoms with Crippen molar-refractivity contribution < 1.29 is 9.53 Å². The van der Waals surface area contributed by atoms with E-state index < -0.39 is 5.60 Å². The molecule has 11 heteroatoms. The minimum atomic E-state index is -0.445. The Hall–Kier alpha value is -1.63. The quantitative estimate of drug-likeness (QED) is 0.249. The van der Waals surface area contributed by atoms with E-state index in [1.807, 2.05) is 27.8 Å². The van der Waals surface area contributed by atoms with Crippen LogP contribution in [0.3, 0.4) is 0 Å². The highest BCUT2D eigenvalue weighted by Gasteiger charge is 2.25. The highest BCUT2D eigenvalue weighted by Crippen LogP contribution is 2.11. The smallest absolute Gasteiger partial charge is 0.410 e. The van der Waals surface area contributed by atoms with Crippen molar-refractivity contribution in [3.05, 3.63) is 12.2 Å². The Balaban J connectivity index is 0.00000420. The summed E-state index contributed by atoms with van der Waals surface area (Å²) in [5.74, 6) is 1.60. The molecule has 0 bridgehead atoms. The second-order valence-electron chi connectivity index (χ2n) is 7.82. The Morgan fingerprint density at radius 2 is 1.93 bits per heavy atom. The number of amides is 1. The van der Waals surface area contributed by atoms with Crippen LogP contribution in [0.25, 0.3) is 0 Å². The molecule has 1 saturated heterocycles. The third-order valence-electron chi connectivity index (χ3n) is 4.41. The van der Waals surface area contributed by atoms with Crippen molar-refractivity contribution in [1.82, 2.24) is 35.2 Å². The molecular weight excluding hydrogens is 487 g/mol. The molecule has 0 atom stereocenters. The van der Waals surface area contributed by atoms with Gasteiger partial charge in [0.2, 0.25) is 0 Å². The molecule has 0 saturated carbocycles. The third-order valence-corrected chi connectivity index (χ3v) is 4.41. The van der Waals surface area contributed by atoms with Crippen molar-refractivity contribution in [2.45, 2.75) is 39.3 Å². The molecular formula is C18H35IN8O2. The molecule has 1 aromatic rings. The maximum Gasteiger partial charge on any atom is 0.410 e. The number of piperazine rings is 1. The van der Waals surface area contributed by atoms with Crippen LogP contribution in [0.1, 0.15) is 33.0 Å². The summed E-state index contributed by atoms with van der Waals surface area (Å²) in [6.45, 7) is 11.2. The minimum Gasteiger partial charge on any atom is -0.444 e. The molecule has 0 spiro atoms. The lowest BCUT2D eigenvalue weighted by Crippen LogP contribution is -2.50. The van der Waals surface area contributed by atoms with E-state index in [-0.39, 0.29) is 30.1 Å². The zero-order valence-electron chi connectivity index (χ0n) is 18.1. The van der Waals surface area contributed by atoms with Gasteiger partial charge in [-0.1, -0.05) is 0 Å². The van der Waals surface area contributed by atoms with Crippen LogP contribution in [-0.4, -0.2) is 88.5 Å². The molecule has 0 radical (unpaired) electrons. The fraction of sp³-hybridized carbons (Fsp3) is 0.778. The number of aromatic nitrogens is 3. The van der Waals surface area contributed by atoms with Crippen molar-refractivity contribution in [2.75, 3.05) is 46.3 Å². The van der Waals surface area contributed by atoms with E-state index in [0.717, 1.165) is 44.4 Å². The largest absolute Gasteiger partial charge is 0.444 e. The molecule has 1 aliphatic heterocycles. The number of guanidine groups is 1. The monoisotopic (exact) mass is 522 g/mol. The maximum absolute atomic E-state index is 12.1. The number of nitrogens with one attached hydrogen (secondary N) is 2. The first-order valence-electron chi connectivity index (χ1n) is 9.76. The number of hydrogen-bond acceptors (Lipinski definition) is 6. The van der Waals surface area contributed by atoms with Crippen molar-refractivity contribution in [3.8, 4) is 0 Å². The van der Waals surface area contributed by atoms with Gasteiger partial charge in [-0.2, -0.15) is 5.10 Å². The number of hydrogen-bond donors (Lipinski definition) is 2. The second-order valence-corrected chi connectivity index (χ2v) is 7.82. The van der Waals surface area contributed by atoms with E-state index >= 15 is 0 Å². The highest BCUT2D eigenvalue weighted by atomic mass is 127. The number of aliphatic imine (C=N–C) groups is 1. The summed E-state index contributed by atoms with van der Waals surface area (Å²) in [4.78, 5) is 24.7. The molecule has 0 unspecified atom stereocenters. The van der Waals surface area contributed by atoms with Gasteiger partial charge in [-0.3, -0.25) is 14.6 Å². The molecule has 1 aromatic heterocycles. The Labute approximate surface area is 190 Å². The van der Waals surface area contributed by atoms with Crippen LogP contribution < -0.4 is 10.6 Å². The van der Waals surface area contributed by atoms with E-state index in [1.165, 1.54) is 6.33 Å². The Morgan fingerprint density at radius 3 is 2.48 bits per heavy atom. The van der Waals surface area contributed by atoms with E-state index in [1.54, 1.807) is 16.6 Å². The minimum absolute atomic E-state index is 0. The number of carbonyl (C=O) groups excluding carboxylic acids is 1. The first-order valence-corrected chi connectivity index (χ1v) is 9.76. The molecule has 29 heavy (non-hydrogen) atoms. The van der Waals surface area contributed by atoms with Crippen LogP contribution in [-0.2, 0) is 18.3 Å². The first kappa shape index (κ1) is 25.4. The number of halogens is 1. The van der Waals surface area contributed by atoms with Crippen LogP contribution >= 0.6 is 24.0 Å². The summed E-state index contributed by atoms with van der Waals surface area (Å²) in [6, 6.07) is 0. The van der Waals surface area contributed by atoms with E-state index in [9.17, 15) is 4.79 Å². The molecule has 2 N–H and O–H groups in total. The highest BCUT2D eigenvalue weighted by molar-refractivity contribution is 14.0. The van der Waals surface area contributed by atoms with Crippen molar-refractivity contribution >= 4 is 36.0 Å². The lowest BCUT2D eigenvalue weighted by molar-refractivity contribution is 0.0145. The van der Waals surface area contributed by atoms with Gasteiger partial charge in [0, 0.05) is 46.8 Å². The van der Waals surface area contributed by atoms with E-state index in [2.05, 4.69) is 30.6 Å². The lowest BCUT2D eigenvalue weighted by Gasteiger charge is -2.35. The fourth-order valence-electron chi connectivity index (χ4n) is 2.85. The van der Waals surface area contributed by atoms with Crippen LogP contribution in [0.2, 0.25) is 0 Å². The number of rotatable bonds is 6. The van der Waals surface area contributed by atoms with Gasteiger partial charge in [-0.05, 0) is 33.7 Å². The van der Waals surface area contributed by atoms with Gasteiger partial charge in [0.25, 0.3) is 0 Å². The summed E-state index contributed by atoms with van der Waals surface area (Å²) < 4.78 is 7.17.